The van der Waals surface area contributed by atoms with Crippen molar-refractivity contribution in [2.45, 2.75) is 25.4 Å². The highest BCUT2D eigenvalue weighted by atomic mass is 16.5. The molecule has 94 valence electrons. The van der Waals surface area contributed by atoms with Gasteiger partial charge in [0.05, 0.1) is 19.8 Å². The van der Waals surface area contributed by atoms with E-state index in [9.17, 15) is 5.11 Å². The molecule has 0 aliphatic carbocycles. The largest absolute Gasteiger partial charge is 0.497 e. The third-order valence-corrected chi connectivity index (χ3v) is 2.82. The van der Waals surface area contributed by atoms with Gasteiger partial charge < -0.3 is 14.6 Å². The lowest BCUT2D eigenvalue weighted by Crippen LogP contribution is -2.21. The number of rotatable bonds is 6. The van der Waals surface area contributed by atoms with E-state index in [1.165, 1.54) is 0 Å². The normalized spacial score (nSPS) is 13.9. The molecule has 0 spiro atoms. The lowest BCUT2D eigenvalue weighted by atomic mass is 9.90. The fraction of sp³-hybridized carbons (Fsp3) is 0.429. The molecule has 1 atom stereocenters. The van der Waals surface area contributed by atoms with E-state index in [2.05, 4.69) is 6.58 Å². The zero-order valence-electron chi connectivity index (χ0n) is 10.7. The van der Waals surface area contributed by atoms with Crippen molar-refractivity contribution < 1.29 is 14.6 Å². The molecule has 3 heteroatoms. The first-order chi connectivity index (χ1) is 8.05. The first-order valence-corrected chi connectivity index (χ1v) is 5.61. The van der Waals surface area contributed by atoms with Gasteiger partial charge in [0.25, 0.3) is 0 Å². The van der Waals surface area contributed by atoms with Crippen LogP contribution in [0.4, 0.5) is 0 Å². The molecular weight excluding hydrogens is 216 g/mol. The monoisotopic (exact) mass is 236 g/mol. The van der Waals surface area contributed by atoms with Crippen LogP contribution in [-0.2, 0) is 5.60 Å². The third kappa shape index (κ3) is 3.24. The number of aliphatic hydroxyl groups is 1. The van der Waals surface area contributed by atoms with Crippen LogP contribution in [0, 0.1) is 0 Å². The van der Waals surface area contributed by atoms with Gasteiger partial charge in [-0.1, -0.05) is 6.08 Å². The molecule has 17 heavy (non-hydrogen) atoms. The van der Waals surface area contributed by atoms with Crippen LogP contribution in [0.15, 0.2) is 30.9 Å². The van der Waals surface area contributed by atoms with Crippen molar-refractivity contribution in [1.29, 1.82) is 0 Å². The molecule has 0 heterocycles. The molecule has 1 N–H and O–H groups in total. The fourth-order valence-electron chi connectivity index (χ4n) is 1.75. The molecule has 0 saturated carbocycles. The fourth-order valence-corrected chi connectivity index (χ4v) is 1.75. The van der Waals surface area contributed by atoms with Gasteiger partial charge in [0.1, 0.15) is 11.5 Å². The lowest BCUT2D eigenvalue weighted by molar-refractivity contribution is 0.0460. The molecule has 0 saturated heterocycles. The molecule has 0 radical (unpaired) electrons. The van der Waals surface area contributed by atoms with Crippen molar-refractivity contribution in [3.05, 3.63) is 36.4 Å². The maximum atomic E-state index is 10.5. The molecule has 0 aliphatic rings. The van der Waals surface area contributed by atoms with Crippen LogP contribution in [0.1, 0.15) is 25.3 Å². The van der Waals surface area contributed by atoms with Crippen molar-refractivity contribution in [3.8, 4) is 11.5 Å². The predicted molar refractivity (Wildman–Crippen MR) is 68.5 cm³/mol. The Hall–Kier alpha value is -1.48. The quantitative estimate of drug-likeness (QED) is 0.772. The van der Waals surface area contributed by atoms with E-state index in [0.29, 0.717) is 17.9 Å². The molecule has 1 rings (SSSR count). The number of hydrogen-bond donors (Lipinski definition) is 1. The Morgan fingerprint density at radius 2 is 2.06 bits per heavy atom. The highest BCUT2D eigenvalue weighted by Gasteiger charge is 2.26. The summed E-state index contributed by atoms with van der Waals surface area (Å²) in [5.74, 6) is 1.37. The zero-order valence-corrected chi connectivity index (χ0v) is 10.7. The van der Waals surface area contributed by atoms with Crippen LogP contribution < -0.4 is 9.47 Å². The lowest BCUT2D eigenvalue weighted by Gasteiger charge is -2.25. The van der Waals surface area contributed by atoms with Gasteiger partial charge in [-0.25, -0.2) is 0 Å². The molecule has 1 aromatic rings. The minimum atomic E-state index is -0.950. The molecule has 0 aliphatic heterocycles. The summed E-state index contributed by atoms with van der Waals surface area (Å²) < 4.78 is 10.4. The Morgan fingerprint density at radius 3 is 2.59 bits per heavy atom. The van der Waals surface area contributed by atoms with Gasteiger partial charge in [0.15, 0.2) is 0 Å². The molecule has 1 aromatic carbocycles. The maximum Gasteiger partial charge on any atom is 0.125 e. The first kappa shape index (κ1) is 13.6. The summed E-state index contributed by atoms with van der Waals surface area (Å²) in [6.07, 6.45) is 3.13. The van der Waals surface area contributed by atoms with Crippen LogP contribution in [0.2, 0.25) is 0 Å². The smallest absolute Gasteiger partial charge is 0.125 e. The van der Waals surface area contributed by atoms with E-state index in [0.717, 1.165) is 12.0 Å². The SMILES string of the molecule is C=CCCC(C)(O)c1cc(OC)ccc1OC. The summed E-state index contributed by atoms with van der Waals surface area (Å²) in [6, 6.07) is 5.42. The molecule has 3 nitrogen and oxygen atoms in total. The highest BCUT2D eigenvalue weighted by molar-refractivity contribution is 5.43. The summed E-state index contributed by atoms with van der Waals surface area (Å²) in [6.45, 7) is 5.44. The Kier molecular flexibility index (Phi) is 4.58. The van der Waals surface area contributed by atoms with Crippen LogP contribution in [0.3, 0.4) is 0 Å². The Bertz CT molecular complexity index is 383. The second kappa shape index (κ2) is 5.73. The van der Waals surface area contributed by atoms with E-state index in [1.54, 1.807) is 33.3 Å². The predicted octanol–water partition coefficient (Wildman–Crippen LogP) is 2.88. The highest BCUT2D eigenvalue weighted by Crippen LogP contribution is 2.35. The van der Waals surface area contributed by atoms with E-state index >= 15 is 0 Å². The van der Waals surface area contributed by atoms with Crippen molar-refractivity contribution in [2.75, 3.05) is 14.2 Å². The summed E-state index contributed by atoms with van der Waals surface area (Å²) in [4.78, 5) is 0. The average Bonchev–Trinajstić information content (AvgIpc) is 2.35. The summed E-state index contributed by atoms with van der Waals surface area (Å²) in [7, 11) is 3.19. The van der Waals surface area contributed by atoms with Gasteiger partial charge in [-0.3, -0.25) is 0 Å². The second-order valence-corrected chi connectivity index (χ2v) is 4.17. The van der Waals surface area contributed by atoms with E-state index < -0.39 is 5.60 Å². The third-order valence-electron chi connectivity index (χ3n) is 2.82. The average molecular weight is 236 g/mol. The van der Waals surface area contributed by atoms with Crippen molar-refractivity contribution in [1.82, 2.24) is 0 Å². The summed E-state index contributed by atoms with van der Waals surface area (Å²) >= 11 is 0. The van der Waals surface area contributed by atoms with Gasteiger partial charge >= 0.3 is 0 Å². The van der Waals surface area contributed by atoms with Crippen LogP contribution in [0.5, 0.6) is 11.5 Å². The number of benzene rings is 1. The Balaban J connectivity index is 3.11. The molecule has 0 amide bonds. The summed E-state index contributed by atoms with van der Waals surface area (Å²) in [5.41, 5.74) is -0.213. The van der Waals surface area contributed by atoms with Gasteiger partial charge in [-0.15, -0.1) is 6.58 Å². The Morgan fingerprint density at radius 1 is 1.35 bits per heavy atom. The number of allylic oxidation sites excluding steroid dienone is 1. The molecule has 0 aromatic heterocycles. The molecular formula is C14H20O3. The van der Waals surface area contributed by atoms with Crippen molar-refractivity contribution >= 4 is 0 Å². The Labute approximate surface area is 103 Å². The minimum absolute atomic E-state index is 0.597. The van der Waals surface area contributed by atoms with Crippen molar-refractivity contribution in [3.63, 3.8) is 0 Å². The minimum Gasteiger partial charge on any atom is -0.497 e. The van der Waals surface area contributed by atoms with Crippen LogP contribution in [-0.4, -0.2) is 19.3 Å². The van der Waals surface area contributed by atoms with E-state index in [4.69, 9.17) is 9.47 Å². The zero-order chi connectivity index (χ0) is 12.9. The van der Waals surface area contributed by atoms with E-state index in [1.807, 2.05) is 12.1 Å². The van der Waals surface area contributed by atoms with Crippen LogP contribution >= 0.6 is 0 Å². The second-order valence-electron chi connectivity index (χ2n) is 4.17. The topological polar surface area (TPSA) is 38.7 Å². The van der Waals surface area contributed by atoms with Gasteiger partial charge in [-0.2, -0.15) is 0 Å². The number of ether oxygens (including phenoxy) is 2. The van der Waals surface area contributed by atoms with Gasteiger partial charge in [0, 0.05) is 5.56 Å². The molecule has 0 bridgehead atoms. The van der Waals surface area contributed by atoms with E-state index in [-0.39, 0.29) is 0 Å². The molecule has 1 unspecified atom stereocenters. The molecule has 0 fully saturated rings. The number of methoxy groups -OCH3 is 2. The van der Waals surface area contributed by atoms with Crippen molar-refractivity contribution in [2.24, 2.45) is 0 Å². The summed E-state index contributed by atoms with van der Waals surface area (Å²) in [5, 5.41) is 10.5. The first-order valence-electron chi connectivity index (χ1n) is 5.61. The van der Waals surface area contributed by atoms with Gasteiger partial charge in [0.2, 0.25) is 0 Å². The number of hydrogen-bond acceptors (Lipinski definition) is 3. The maximum absolute atomic E-state index is 10.5. The van der Waals surface area contributed by atoms with Crippen LogP contribution in [0.25, 0.3) is 0 Å². The standard InChI is InChI=1S/C14H20O3/c1-5-6-9-14(2,15)12-10-11(16-3)7-8-13(12)17-4/h5,7-8,10,15H,1,6,9H2,2-4H3. The van der Waals surface area contributed by atoms with Gasteiger partial charge in [-0.05, 0) is 38.0 Å².